The van der Waals surface area contributed by atoms with Gasteiger partial charge in [-0.15, -0.1) is 0 Å². The van der Waals surface area contributed by atoms with Gasteiger partial charge in [-0.2, -0.15) is 0 Å². The van der Waals surface area contributed by atoms with E-state index in [1.807, 2.05) is 30.3 Å². The lowest BCUT2D eigenvalue weighted by Crippen LogP contribution is -2.49. The largest absolute Gasteiger partial charge is 0.493 e. The van der Waals surface area contributed by atoms with Crippen molar-refractivity contribution >= 4 is 0 Å². The molecule has 0 N–H and O–H groups in total. The molecule has 3 fully saturated rings. The highest BCUT2D eigenvalue weighted by Crippen LogP contribution is 2.35. The van der Waals surface area contributed by atoms with Gasteiger partial charge in [0.1, 0.15) is 5.75 Å². The molecule has 0 unspecified atom stereocenters. The number of rotatable bonds is 10. The second-order valence-corrected chi connectivity index (χ2v) is 9.13. The van der Waals surface area contributed by atoms with Crippen molar-refractivity contribution in [2.45, 2.75) is 40.0 Å². The van der Waals surface area contributed by atoms with Gasteiger partial charge in [0.2, 0.25) is 0 Å². The zero-order valence-corrected chi connectivity index (χ0v) is 18.4. The van der Waals surface area contributed by atoms with E-state index < -0.39 is 0 Å². The van der Waals surface area contributed by atoms with Gasteiger partial charge in [0.05, 0.1) is 64.9 Å². The van der Waals surface area contributed by atoms with Crippen molar-refractivity contribution in [3.63, 3.8) is 0 Å². The highest BCUT2D eigenvalue weighted by atomic mass is 16.5. The first-order valence-electron chi connectivity index (χ1n) is 11.1. The Balaban J connectivity index is 0.000000166. The molecule has 1 aromatic rings. The van der Waals surface area contributed by atoms with Gasteiger partial charge in [-0.05, 0) is 31.4 Å². The smallest absolute Gasteiger partial charge is 0.119 e. The van der Waals surface area contributed by atoms with E-state index in [2.05, 4.69) is 20.8 Å². The molecule has 29 heavy (non-hydrogen) atoms. The average molecular weight is 407 g/mol. The second kappa shape index (κ2) is 10.3. The first kappa shape index (κ1) is 22.5. The number of hydrogen-bond donors (Lipinski definition) is 0. The highest BCUT2D eigenvalue weighted by molar-refractivity contribution is 5.21. The van der Waals surface area contributed by atoms with Crippen LogP contribution in [-0.4, -0.2) is 59.5 Å². The highest BCUT2D eigenvalue weighted by Gasteiger charge is 2.40. The van der Waals surface area contributed by atoms with E-state index in [0.29, 0.717) is 10.8 Å². The lowest BCUT2D eigenvalue weighted by molar-refractivity contribution is -0.187. The molecule has 1 aromatic carbocycles. The van der Waals surface area contributed by atoms with Crippen LogP contribution in [0.1, 0.15) is 40.0 Å². The van der Waals surface area contributed by atoms with E-state index in [0.717, 1.165) is 84.5 Å². The van der Waals surface area contributed by atoms with Crippen LogP contribution in [0.15, 0.2) is 30.3 Å². The minimum Gasteiger partial charge on any atom is -0.493 e. The zero-order chi connectivity index (χ0) is 20.6. The van der Waals surface area contributed by atoms with Gasteiger partial charge in [-0.1, -0.05) is 39.0 Å². The van der Waals surface area contributed by atoms with Crippen LogP contribution in [0.25, 0.3) is 0 Å². The van der Waals surface area contributed by atoms with Gasteiger partial charge in [0, 0.05) is 10.8 Å². The number of benzene rings is 1. The number of para-hydroxylation sites is 1. The molecule has 3 aliphatic heterocycles. The Morgan fingerprint density at radius 1 is 0.655 bits per heavy atom. The minimum atomic E-state index is 0.274. The molecule has 3 aliphatic rings. The molecule has 3 saturated heterocycles. The van der Waals surface area contributed by atoms with Crippen molar-refractivity contribution < 1.29 is 23.7 Å². The Hall–Kier alpha value is -1.14. The van der Waals surface area contributed by atoms with Crippen molar-refractivity contribution in [2.75, 3.05) is 59.5 Å². The molecule has 0 radical (unpaired) electrons. The van der Waals surface area contributed by atoms with Crippen LogP contribution in [0.5, 0.6) is 5.75 Å². The van der Waals surface area contributed by atoms with Crippen LogP contribution < -0.4 is 4.74 Å². The number of hydrogen-bond acceptors (Lipinski definition) is 5. The van der Waals surface area contributed by atoms with Crippen LogP contribution in [0.4, 0.5) is 0 Å². The first-order chi connectivity index (χ1) is 14.1. The van der Waals surface area contributed by atoms with Gasteiger partial charge in [-0.3, -0.25) is 0 Å². The van der Waals surface area contributed by atoms with Crippen LogP contribution in [-0.2, 0) is 18.9 Å². The Morgan fingerprint density at radius 2 is 1.07 bits per heavy atom. The van der Waals surface area contributed by atoms with Gasteiger partial charge in [0.25, 0.3) is 0 Å². The maximum Gasteiger partial charge on any atom is 0.119 e. The van der Waals surface area contributed by atoms with E-state index in [-0.39, 0.29) is 5.41 Å². The third kappa shape index (κ3) is 5.72. The molecule has 0 atom stereocenters. The first-order valence-corrected chi connectivity index (χ1v) is 11.1. The Kier molecular flexibility index (Phi) is 7.97. The third-order valence-electron chi connectivity index (χ3n) is 6.80. The summed E-state index contributed by atoms with van der Waals surface area (Å²) in [6.07, 6.45) is 3.44. The van der Waals surface area contributed by atoms with E-state index >= 15 is 0 Å². The van der Waals surface area contributed by atoms with Crippen LogP contribution in [0, 0.1) is 16.2 Å². The Morgan fingerprint density at radius 3 is 1.41 bits per heavy atom. The molecule has 0 aliphatic carbocycles. The summed E-state index contributed by atoms with van der Waals surface area (Å²) in [7, 11) is 0. The molecule has 164 valence electrons. The van der Waals surface area contributed by atoms with E-state index in [1.54, 1.807) is 0 Å². The SMILES string of the molecule is CCC1(COCC2(CC)COC2)COC1.CCC1(COc2ccccc2)COC1. The maximum atomic E-state index is 5.87. The molecule has 0 saturated carbocycles. The normalized spacial score (nSPS) is 22.9. The van der Waals surface area contributed by atoms with Crippen molar-refractivity contribution in [1.29, 1.82) is 0 Å². The Labute approximate surface area is 176 Å². The van der Waals surface area contributed by atoms with Crippen LogP contribution in [0.3, 0.4) is 0 Å². The fraction of sp³-hybridized carbons (Fsp3) is 0.750. The summed E-state index contributed by atoms with van der Waals surface area (Å²) in [4.78, 5) is 0. The average Bonchev–Trinajstić information content (AvgIpc) is 2.67. The Bertz CT molecular complexity index is 552. The van der Waals surface area contributed by atoms with Crippen molar-refractivity contribution in [3.8, 4) is 5.75 Å². The summed E-state index contributed by atoms with van der Waals surface area (Å²) in [5, 5.41) is 0. The molecule has 0 amide bonds. The summed E-state index contributed by atoms with van der Waals surface area (Å²) >= 11 is 0. The molecular formula is C24H38O5. The van der Waals surface area contributed by atoms with Gasteiger partial charge < -0.3 is 23.7 Å². The zero-order valence-electron chi connectivity index (χ0n) is 18.4. The molecule has 0 spiro atoms. The van der Waals surface area contributed by atoms with Crippen molar-refractivity contribution in [3.05, 3.63) is 30.3 Å². The molecule has 3 heterocycles. The maximum absolute atomic E-state index is 5.87. The summed E-state index contributed by atoms with van der Waals surface area (Å²) in [5.74, 6) is 0.951. The summed E-state index contributed by atoms with van der Waals surface area (Å²) in [6, 6.07) is 9.96. The van der Waals surface area contributed by atoms with Gasteiger partial charge >= 0.3 is 0 Å². The van der Waals surface area contributed by atoms with Crippen LogP contribution in [0.2, 0.25) is 0 Å². The molecule has 4 rings (SSSR count). The molecular weight excluding hydrogens is 368 g/mol. The molecule has 5 heteroatoms. The topological polar surface area (TPSA) is 46.2 Å². The molecule has 0 aromatic heterocycles. The number of ether oxygens (including phenoxy) is 5. The van der Waals surface area contributed by atoms with E-state index in [9.17, 15) is 0 Å². The lowest BCUT2D eigenvalue weighted by atomic mass is 9.83. The predicted octanol–water partition coefficient (Wildman–Crippen LogP) is 4.35. The fourth-order valence-corrected chi connectivity index (χ4v) is 3.58. The minimum absolute atomic E-state index is 0.274. The van der Waals surface area contributed by atoms with E-state index in [1.165, 1.54) is 0 Å². The summed E-state index contributed by atoms with van der Waals surface area (Å²) in [5.41, 5.74) is 0.912. The van der Waals surface area contributed by atoms with E-state index in [4.69, 9.17) is 23.7 Å². The second-order valence-electron chi connectivity index (χ2n) is 9.13. The van der Waals surface area contributed by atoms with Gasteiger partial charge in [-0.25, -0.2) is 0 Å². The van der Waals surface area contributed by atoms with Crippen molar-refractivity contribution in [1.82, 2.24) is 0 Å². The van der Waals surface area contributed by atoms with Crippen molar-refractivity contribution in [2.24, 2.45) is 16.2 Å². The summed E-state index contributed by atoms with van der Waals surface area (Å²) in [6.45, 7) is 14.3. The monoisotopic (exact) mass is 406 g/mol. The molecule has 5 nitrogen and oxygen atoms in total. The molecule has 0 bridgehead atoms. The summed E-state index contributed by atoms with van der Waals surface area (Å²) < 4.78 is 27.4. The fourth-order valence-electron chi connectivity index (χ4n) is 3.58. The van der Waals surface area contributed by atoms with Gasteiger partial charge in [0.15, 0.2) is 0 Å². The lowest BCUT2D eigenvalue weighted by Gasteiger charge is -2.44. The third-order valence-corrected chi connectivity index (χ3v) is 6.80. The van der Waals surface area contributed by atoms with Crippen LogP contribution >= 0.6 is 0 Å². The predicted molar refractivity (Wildman–Crippen MR) is 113 cm³/mol. The quantitative estimate of drug-likeness (QED) is 0.578. The standard InChI is InChI=1S/C12H22O3.C12H16O2/c1-3-11(5-13-6-11)9-15-10-12(4-2)7-14-8-12;1-2-12(8-13-9-12)10-14-11-6-4-3-5-7-11/h3-10H2,1-2H3;3-7H,2,8-10H2,1H3.